The van der Waals surface area contributed by atoms with E-state index in [2.05, 4.69) is 5.32 Å². The number of nitrogens with zero attached hydrogens (tertiary/aromatic N) is 1. The van der Waals surface area contributed by atoms with E-state index in [4.69, 9.17) is 16.3 Å². The molecule has 0 radical (unpaired) electrons. The van der Waals surface area contributed by atoms with E-state index in [1.807, 2.05) is 13.8 Å². The van der Waals surface area contributed by atoms with Crippen molar-refractivity contribution in [3.8, 4) is 5.75 Å². The molecule has 0 unspecified atom stereocenters. The van der Waals surface area contributed by atoms with Gasteiger partial charge in [0.25, 0.3) is 0 Å². The molecule has 0 heterocycles. The van der Waals surface area contributed by atoms with Crippen LogP contribution in [0.4, 0.5) is 4.39 Å². The van der Waals surface area contributed by atoms with Crippen LogP contribution in [0.5, 0.6) is 5.75 Å². The topological polar surface area (TPSA) is 58.6 Å². The standard InChI is InChI=1S/C24H30ClFN2O3/c1-4-17(2)27-24(30)18(3)28(16-19-7-11-21(26)12-8-19)23(29)6-5-15-31-22-13-9-20(25)10-14-22/h7-14,17-18H,4-6,15-16H2,1-3H3,(H,27,30)/t17-,18+/m1/s1. The summed E-state index contributed by atoms with van der Waals surface area (Å²) in [6.07, 6.45) is 1.53. The Hall–Kier alpha value is -2.60. The number of halogens is 2. The number of amides is 2. The number of ether oxygens (including phenoxy) is 1. The summed E-state index contributed by atoms with van der Waals surface area (Å²) >= 11 is 5.86. The van der Waals surface area contributed by atoms with Crippen molar-refractivity contribution in [3.05, 3.63) is 64.9 Å². The fourth-order valence-corrected chi connectivity index (χ4v) is 3.05. The average Bonchev–Trinajstić information content (AvgIpc) is 2.76. The minimum atomic E-state index is -0.649. The van der Waals surface area contributed by atoms with Crippen molar-refractivity contribution in [3.63, 3.8) is 0 Å². The van der Waals surface area contributed by atoms with Crippen LogP contribution in [-0.2, 0) is 16.1 Å². The van der Waals surface area contributed by atoms with Crippen LogP contribution >= 0.6 is 11.6 Å². The van der Waals surface area contributed by atoms with Crippen molar-refractivity contribution >= 4 is 23.4 Å². The Morgan fingerprint density at radius 1 is 1.10 bits per heavy atom. The molecule has 0 saturated carbocycles. The van der Waals surface area contributed by atoms with E-state index in [9.17, 15) is 14.0 Å². The molecule has 2 aromatic rings. The fraction of sp³-hybridized carbons (Fsp3) is 0.417. The van der Waals surface area contributed by atoms with Crippen molar-refractivity contribution in [1.29, 1.82) is 0 Å². The van der Waals surface area contributed by atoms with Crippen molar-refractivity contribution in [2.45, 2.75) is 58.7 Å². The Labute approximate surface area is 188 Å². The molecule has 0 aromatic heterocycles. The molecular weight excluding hydrogens is 419 g/mol. The summed E-state index contributed by atoms with van der Waals surface area (Å²) in [6.45, 7) is 6.21. The van der Waals surface area contributed by atoms with Crippen LogP contribution in [0.15, 0.2) is 48.5 Å². The van der Waals surface area contributed by atoms with Gasteiger partial charge in [-0.1, -0.05) is 30.7 Å². The van der Waals surface area contributed by atoms with Crippen LogP contribution in [0.2, 0.25) is 5.02 Å². The molecular formula is C24H30ClFN2O3. The van der Waals surface area contributed by atoms with E-state index in [0.29, 0.717) is 23.8 Å². The van der Waals surface area contributed by atoms with Crippen LogP contribution < -0.4 is 10.1 Å². The van der Waals surface area contributed by atoms with Gasteiger partial charge in [-0.2, -0.15) is 0 Å². The Morgan fingerprint density at radius 3 is 2.35 bits per heavy atom. The maximum absolute atomic E-state index is 13.3. The van der Waals surface area contributed by atoms with Gasteiger partial charge in [0.05, 0.1) is 6.61 Å². The molecule has 0 saturated heterocycles. The highest BCUT2D eigenvalue weighted by atomic mass is 35.5. The van der Waals surface area contributed by atoms with Crippen molar-refractivity contribution < 1.29 is 18.7 Å². The number of benzene rings is 2. The monoisotopic (exact) mass is 448 g/mol. The maximum Gasteiger partial charge on any atom is 0.242 e. The zero-order valence-corrected chi connectivity index (χ0v) is 19.0. The molecule has 7 heteroatoms. The van der Waals surface area contributed by atoms with Gasteiger partial charge in [-0.3, -0.25) is 9.59 Å². The van der Waals surface area contributed by atoms with E-state index in [-0.39, 0.29) is 36.6 Å². The molecule has 2 rings (SSSR count). The number of hydrogen-bond donors (Lipinski definition) is 1. The lowest BCUT2D eigenvalue weighted by Crippen LogP contribution is -2.49. The van der Waals surface area contributed by atoms with Crippen LogP contribution in [0, 0.1) is 5.82 Å². The third-order valence-electron chi connectivity index (χ3n) is 5.05. The summed E-state index contributed by atoms with van der Waals surface area (Å²) < 4.78 is 18.9. The van der Waals surface area contributed by atoms with Gasteiger partial charge in [0, 0.05) is 24.0 Å². The van der Waals surface area contributed by atoms with Gasteiger partial charge in [-0.25, -0.2) is 4.39 Å². The summed E-state index contributed by atoms with van der Waals surface area (Å²) in [6, 6.07) is 12.3. The molecule has 0 aliphatic rings. The van der Waals surface area contributed by atoms with E-state index < -0.39 is 6.04 Å². The molecule has 31 heavy (non-hydrogen) atoms. The van der Waals surface area contributed by atoms with E-state index in [1.54, 1.807) is 43.3 Å². The first-order valence-electron chi connectivity index (χ1n) is 10.5. The third-order valence-corrected chi connectivity index (χ3v) is 5.30. The molecule has 0 bridgehead atoms. The molecule has 0 aliphatic heterocycles. The van der Waals surface area contributed by atoms with Gasteiger partial charge in [0.15, 0.2) is 0 Å². The molecule has 2 aromatic carbocycles. The van der Waals surface area contributed by atoms with Gasteiger partial charge < -0.3 is 15.0 Å². The van der Waals surface area contributed by atoms with Crippen LogP contribution in [-0.4, -0.2) is 35.4 Å². The molecule has 1 N–H and O–H groups in total. The lowest BCUT2D eigenvalue weighted by atomic mass is 10.1. The molecule has 0 spiro atoms. The fourth-order valence-electron chi connectivity index (χ4n) is 2.92. The number of hydrogen-bond acceptors (Lipinski definition) is 3. The SMILES string of the molecule is CC[C@@H](C)NC(=O)[C@H](C)N(Cc1ccc(F)cc1)C(=O)CCCOc1ccc(Cl)cc1. The van der Waals surface area contributed by atoms with E-state index in [0.717, 1.165) is 12.0 Å². The largest absolute Gasteiger partial charge is 0.494 e. The summed E-state index contributed by atoms with van der Waals surface area (Å²) in [5.41, 5.74) is 0.760. The number of carbonyl (C=O) groups excluding carboxylic acids is 2. The van der Waals surface area contributed by atoms with Gasteiger partial charge >= 0.3 is 0 Å². The van der Waals surface area contributed by atoms with E-state index >= 15 is 0 Å². The van der Waals surface area contributed by atoms with Crippen LogP contribution in [0.25, 0.3) is 0 Å². The number of rotatable bonds is 11. The molecule has 0 aliphatic carbocycles. The first-order valence-corrected chi connectivity index (χ1v) is 10.9. The normalized spacial score (nSPS) is 12.7. The van der Waals surface area contributed by atoms with Crippen molar-refractivity contribution in [1.82, 2.24) is 10.2 Å². The number of carbonyl (C=O) groups is 2. The molecule has 2 atom stereocenters. The summed E-state index contributed by atoms with van der Waals surface area (Å²) in [5.74, 6) is -0.0251. The first kappa shape index (κ1) is 24.7. The highest BCUT2D eigenvalue weighted by Crippen LogP contribution is 2.17. The Balaban J connectivity index is 1.99. The van der Waals surface area contributed by atoms with E-state index in [1.165, 1.54) is 17.0 Å². The highest BCUT2D eigenvalue weighted by Gasteiger charge is 2.26. The van der Waals surface area contributed by atoms with Gasteiger partial charge in [-0.15, -0.1) is 0 Å². The third kappa shape index (κ3) is 8.21. The highest BCUT2D eigenvalue weighted by molar-refractivity contribution is 6.30. The lowest BCUT2D eigenvalue weighted by molar-refractivity contribution is -0.141. The Kier molecular flexibility index (Phi) is 9.79. The average molecular weight is 449 g/mol. The minimum Gasteiger partial charge on any atom is -0.494 e. The van der Waals surface area contributed by atoms with Crippen LogP contribution in [0.1, 0.15) is 45.6 Å². The van der Waals surface area contributed by atoms with Gasteiger partial charge in [-0.05, 0) is 68.7 Å². The van der Waals surface area contributed by atoms with Crippen LogP contribution in [0.3, 0.4) is 0 Å². The second-order valence-corrected chi connectivity index (χ2v) is 7.98. The van der Waals surface area contributed by atoms with Crippen molar-refractivity contribution in [2.75, 3.05) is 6.61 Å². The summed E-state index contributed by atoms with van der Waals surface area (Å²) in [7, 11) is 0. The summed E-state index contributed by atoms with van der Waals surface area (Å²) in [5, 5.41) is 3.55. The summed E-state index contributed by atoms with van der Waals surface area (Å²) in [4.78, 5) is 27.2. The zero-order valence-electron chi connectivity index (χ0n) is 18.2. The maximum atomic E-state index is 13.3. The van der Waals surface area contributed by atoms with Crippen molar-refractivity contribution in [2.24, 2.45) is 0 Å². The molecule has 5 nitrogen and oxygen atoms in total. The molecule has 2 amide bonds. The minimum absolute atomic E-state index is 0.0190. The number of nitrogens with one attached hydrogen (secondary N) is 1. The van der Waals surface area contributed by atoms with Gasteiger partial charge in [0.2, 0.25) is 11.8 Å². The predicted molar refractivity (Wildman–Crippen MR) is 120 cm³/mol. The Bertz CT molecular complexity index is 843. The lowest BCUT2D eigenvalue weighted by Gasteiger charge is -2.29. The quantitative estimate of drug-likeness (QED) is 0.494. The first-order chi connectivity index (χ1) is 14.8. The van der Waals surface area contributed by atoms with Gasteiger partial charge in [0.1, 0.15) is 17.6 Å². The molecule has 168 valence electrons. The Morgan fingerprint density at radius 2 is 1.74 bits per heavy atom. The second kappa shape index (κ2) is 12.3. The second-order valence-electron chi connectivity index (χ2n) is 7.55. The smallest absolute Gasteiger partial charge is 0.242 e. The molecule has 0 fully saturated rings. The zero-order chi connectivity index (χ0) is 22.8. The predicted octanol–water partition coefficient (Wildman–Crippen LogP) is 4.97.